The van der Waals surface area contributed by atoms with Crippen molar-refractivity contribution in [3.8, 4) is 0 Å². The summed E-state index contributed by atoms with van der Waals surface area (Å²) >= 11 is 0. The van der Waals surface area contributed by atoms with Gasteiger partial charge >= 0.3 is 0 Å². The van der Waals surface area contributed by atoms with E-state index in [2.05, 4.69) is 12.2 Å². The minimum atomic E-state index is -0.111. The molecule has 1 aromatic carbocycles. The van der Waals surface area contributed by atoms with Gasteiger partial charge in [-0.3, -0.25) is 0 Å². The normalized spacial score (nSPS) is 23.9. The maximum Gasteiger partial charge on any atom is 0.128 e. The van der Waals surface area contributed by atoms with Crippen molar-refractivity contribution in [3.63, 3.8) is 0 Å². The van der Waals surface area contributed by atoms with Crippen LogP contribution < -0.4 is 5.32 Å². The van der Waals surface area contributed by atoms with Crippen molar-refractivity contribution in [2.75, 3.05) is 5.32 Å². The lowest BCUT2D eigenvalue weighted by Crippen LogP contribution is -2.26. The maximum absolute atomic E-state index is 13.5. The summed E-state index contributed by atoms with van der Waals surface area (Å²) < 4.78 is 13.5. The van der Waals surface area contributed by atoms with Gasteiger partial charge in [-0.15, -0.1) is 0 Å². The van der Waals surface area contributed by atoms with Crippen LogP contribution in [0.2, 0.25) is 0 Å². The molecule has 0 aromatic heterocycles. The Labute approximate surface area is 110 Å². The molecule has 1 N–H and O–H groups in total. The number of benzene rings is 1. The third-order valence-corrected chi connectivity index (χ3v) is 4.17. The van der Waals surface area contributed by atoms with E-state index in [1.807, 2.05) is 13.0 Å². The minimum Gasteiger partial charge on any atom is -0.382 e. The van der Waals surface area contributed by atoms with Gasteiger partial charge in [0, 0.05) is 17.3 Å². The van der Waals surface area contributed by atoms with E-state index in [1.165, 1.54) is 44.6 Å². The molecule has 0 heterocycles. The van der Waals surface area contributed by atoms with Crippen LogP contribution in [0.1, 0.15) is 51.0 Å². The standard InChI is InChI=1S/C16H24FN/c1-3-5-13-8-10-14(11-9-13)18-16-7-4-6-15(17)12(16)2/h4,6-7,13-14,18H,3,5,8-11H2,1-2H3. The number of hydrogen-bond acceptors (Lipinski definition) is 1. The molecule has 0 saturated heterocycles. The molecule has 0 amide bonds. The molecule has 0 radical (unpaired) electrons. The van der Waals surface area contributed by atoms with E-state index < -0.39 is 0 Å². The second-order valence-corrected chi connectivity index (χ2v) is 5.56. The third-order valence-electron chi connectivity index (χ3n) is 4.17. The molecule has 0 unspecified atom stereocenters. The van der Waals surface area contributed by atoms with Crippen LogP contribution in [0.4, 0.5) is 10.1 Å². The predicted molar refractivity (Wildman–Crippen MR) is 75.4 cm³/mol. The highest BCUT2D eigenvalue weighted by Crippen LogP contribution is 2.30. The van der Waals surface area contributed by atoms with Crippen molar-refractivity contribution in [2.45, 2.75) is 58.4 Å². The minimum absolute atomic E-state index is 0.111. The topological polar surface area (TPSA) is 12.0 Å². The van der Waals surface area contributed by atoms with E-state index in [0.29, 0.717) is 6.04 Å². The summed E-state index contributed by atoms with van der Waals surface area (Å²) in [7, 11) is 0. The van der Waals surface area contributed by atoms with E-state index in [-0.39, 0.29) is 5.82 Å². The maximum atomic E-state index is 13.5. The van der Waals surface area contributed by atoms with E-state index >= 15 is 0 Å². The summed E-state index contributed by atoms with van der Waals surface area (Å²) in [4.78, 5) is 0. The lowest BCUT2D eigenvalue weighted by atomic mass is 9.83. The van der Waals surface area contributed by atoms with E-state index in [4.69, 9.17) is 0 Å². The molecule has 18 heavy (non-hydrogen) atoms. The molecular weight excluding hydrogens is 225 g/mol. The van der Waals surface area contributed by atoms with Gasteiger partial charge in [-0.05, 0) is 50.7 Å². The van der Waals surface area contributed by atoms with Crippen LogP contribution in [0.15, 0.2) is 18.2 Å². The third kappa shape index (κ3) is 3.24. The molecule has 1 saturated carbocycles. The van der Waals surface area contributed by atoms with Crippen molar-refractivity contribution >= 4 is 5.69 Å². The first kappa shape index (κ1) is 13.4. The second kappa shape index (κ2) is 6.21. The highest BCUT2D eigenvalue weighted by Gasteiger charge is 2.20. The Morgan fingerprint density at radius 2 is 1.94 bits per heavy atom. The van der Waals surface area contributed by atoms with Gasteiger partial charge in [-0.2, -0.15) is 0 Å². The number of rotatable bonds is 4. The lowest BCUT2D eigenvalue weighted by molar-refractivity contribution is 0.319. The Morgan fingerprint density at radius 3 is 2.61 bits per heavy atom. The van der Waals surface area contributed by atoms with Crippen LogP contribution in [-0.4, -0.2) is 6.04 Å². The molecule has 2 rings (SSSR count). The van der Waals surface area contributed by atoms with Crippen molar-refractivity contribution in [2.24, 2.45) is 5.92 Å². The first-order valence-electron chi connectivity index (χ1n) is 7.22. The summed E-state index contributed by atoms with van der Waals surface area (Å²) in [6.07, 6.45) is 7.75. The average molecular weight is 249 g/mol. The molecule has 0 atom stereocenters. The number of anilines is 1. The summed E-state index contributed by atoms with van der Waals surface area (Å²) in [6, 6.07) is 5.82. The van der Waals surface area contributed by atoms with Gasteiger partial charge in [-0.25, -0.2) is 4.39 Å². The predicted octanol–water partition coefficient (Wildman–Crippen LogP) is 4.90. The molecule has 1 aromatic rings. The molecule has 1 nitrogen and oxygen atoms in total. The molecule has 100 valence electrons. The van der Waals surface area contributed by atoms with Crippen molar-refractivity contribution in [1.29, 1.82) is 0 Å². The molecular formula is C16H24FN. The van der Waals surface area contributed by atoms with E-state index in [1.54, 1.807) is 6.07 Å². The van der Waals surface area contributed by atoms with Crippen LogP contribution in [-0.2, 0) is 0 Å². The molecule has 1 fully saturated rings. The summed E-state index contributed by atoms with van der Waals surface area (Å²) in [5, 5.41) is 3.51. The van der Waals surface area contributed by atoms with Crippen molar-refractivity contribution < 1.29 is 4.39 Å². The van der Waals surface area contributed by atoms with E-state index in [0.717, 1.165) is 17.2 Å². The van der Waals surface area contributed by atoms with Crippen LogP contribution in [0.5, 0.6) is 0 Å². The van der Waals surface area contributed by atoms with Crippen LogP contribution in [0.25, 0.3) is 0 Å². The van der Waals surface area contributed by atoms with Gasteiger partial charge in [0.15, 0.2) is 0 Å². The molecule has 2 heteroatoms. The Hall–Kier alpha value is -1.05. The fraction of sp³-hybridized carbons (Fsp3) is 0.625. The van der Waals surface area contributed by atoms with Gasteiger partial charge < -0.3 is 5.32 Å². The fourth-order valence-corrected chi connectivity index (χ4v) is 2.99. The van der Waals surface area contributed by atoms with Crippen LogP contribution >= 0.6 is 0 Å². The number of halogens is 1. The van der Waals surface area contributed by atoms with Crippen LogP contribution in [0.3, 0.4) is 0 Å². The number of hydrogen-bond donors (Lipinski definition) is 1. The van der Waals surface area contributed by atoms with Gasteiger partial charge in [0.1, 0.15) is 5.82 Å². The SMILES string of the molecule is CCCC1CCC(Nc2cccc(F)c2C)CC1. The Balaban J connectivity index is 1.90. The molecule has 1 aliphatic rings. The van der Waals surface area contributed by atoms with Crippen molar-refractivity contribution in [1.82, 2.24) is 0 Å². The van der Waals surface area contributed by atoms with Gasteiger partial charge in [0.25, 0.3) is 0 Å². The fourth-order valence-electron chi connectivity index (χ4n) is 2.99. The molecule has 0 spiro atoms. The largest absolute Gasteiger partial charge is 0.382 e. The summed E-state index contributed by atoms with van der Waals surface area (Å²) in [6.45, 7) is 4.11. The first-order chi connectivity index (χ1) is 8.70. The Bertz CT molecular complexity index is 381. The lowest BCUT2D eigenvalue weighted by Gasteiger charge is -2.30. The quantitative estimate of drug-likeness (QED) is 0.800. The average Bonchev–Trinajstić information content (AvgIpc) is 2.38. The smallest absolute Gasteiger partial charge is 0.128 e. The second-order valence-electron chi connectivity index (χ2n) is 5.56. The zero-order valence-corrected chi connectivity index (χ0v) is 11.5. The molecule has 1 aliphatic carbocycles. The zero-order chi connectivity index (χ0) is 13.0. The monoisotopic (exact) mass is 249 g/mol. The zero-order valence-electron chi connectivity index (χ0n) is 11.5. The summed E-state index contributed by atoms with van der Waals surface area (Å²) in [5.41, 5.74) is 1.71. The highest BCUT2D eigenvalue weighted by molar-refractivity contribution is 5.51. The Morgan fingerprint density at radius 1 is 1.22 bits per heavy atom. The molecule has 0 aliphatic heterocycles. The van der Waals surface area contributed by atoms with Crippen LogP contribution in [0, 0.1) is 18.7 Å². The summed E-state index contributed by atoms with van der Waals surface area (Å²) in [5.74, 6) is 0.807. The first-order valence-corrected chi connectivity index (χ1v) is 7.22. The van der Waals surface area contributed by atoms with Gasteiger partial charge in [0.2, 0.25) is 0 Å². The van der Waals surface area contributed by atoms with E-state index in [9.17, 15) is 4.39 Å². The van der Waals surface area contributed by atoms with Crippen molar-refractivity contribution in [3.05, 3.63) is 29.6 Å². The van der Waals surface area contributed by atoms with Gasteiger partial charge in [0.05, 0.1) is 0 Å². The van der Waals surface area contributed by atoms with Gasteiger partial charge in [-0.1, -0.05) is 25.8 Å². The number of nitrogens with one attached hydrogen (secondary N) is 1. The highest BCUT2D eigenvalue weighted by atomic mass is 19.1. The molecule has 0 bridgehead atoms. The Kier molecular flexibility index (Phi) is 4.62.